The van der Waals surface area contributed by atoms with Crippen molar-refractivity contribution in [1.29, 1.82) is 0 Å². The predicted octanol–water partition coefficient (Wildman–Crippen LogP) is 1.80. The van der Waals surface area contributed by atoms with Gasteiger partial charge >= 0.3 is 5.97 Å². The number of methoxy groups -OCH3 is 1. The van der Waals surface area contributed by atoms with Crippen molar-refractivity contribution in [3.63, 3.8) is 0 Å². The molecule has 0 radical (unpaired) electrons. The van der Waals surface area contributed by atoms with E-state index in [1.54, 1.807) is 12.0 Å². The highest BCUT2D eigenvalue weighted by molar-refractivity contribution is 6.09. The number of piperazine rings is 1. The lowest BCUT2D eigenvalue weighted by atomic mass is 9.95. The van der Waals surface area contributed by atoms with Crippen molar-refractivity contribution >= 4 is 17.8 Å². The minimum atomic E-state index is -1.67. The maximum Gasteiger partial charge on any atom is 0.326 e. The largest absolute Gasteiger partial charge is 0.496 e. The summed E-state index contributed by atoms with van der Waals surface area (Å²) >= 11 is 0. The molecule has 9 heteroatoms. The van der Waals surface area contributed by atoms with Crippen molar-refractivity contribution < 1.29 is 29.0 Å². The van der Waals surface area contributed by atoms with Gasteiger partial charge in [0.2, 0.25) is 5.60 Å². The molecule has 0 bridgehead atoms. The Morgan fingerprint density at radius 1 is 1.08 bits per heavy atom. The molecule has 2 amide bonds. The summed E-state index contributed by atoms with van der Waals surface area (Å²) in [5, 5.41) is 12.5. The number of rotatable bonds is 8. The molecule has 9 nitrogen and oxygen atoms in total. The van der Waals surface area contributed by atoms with Gasteiger partial charge in [-0.15, -0.1) is 0 Å². The molecular formula is C27H33N3O6. The van der Waals surface area contributed by atoms with Crippen LogP contribution in [-0.4, -0.2) is 91.3 Å². The third kappa shape index (κ3) is 5.37. The molecule has 0 aliphatic carbocycles. The minimum absolute atomic E-state index is 0.0755. The van der Waals surface area contributed by atoms with Crippen molar-refractivity contribution in [3.8, 4) is 16.9 Å². The average molecular weight is 496 g/mol. The normalized spacial score (nSPS) is 21.1. The Labute approximate surface area is 211 Å². The molecule has 2 saturated heterocycles. The number of hydrogen-bond donors (Lipinski definition) is 2. The number of para-hydroxylation sites is 1. The van der Waals surface area contributed by atoms with Gasteiger partial charge in [0.15, 0.2) is 0 Å². The fourth-order valence-corrected chi connectivity index (χ4v) is 4.76. The van der Waals surface area contributed by atoms with Crippen LogP contribution in [0, 0.1) is 0 Å². The molecule has 2 aliphatic rings. The number of ether oxygens (including phenoxy) is 2. The van der Waals surface area contributed by atoms with Crippen LogP contribution in [0.4, 0.5) is 0 Å². The maximum atomic E-state index is 13.4. The third-order valence-corrected chi connectivity index (χ3v) is 6.94. The summed E-state index contributed by atoms with van der Waals surface area (Å²) < 4.78 is 11.2. The van der Waals surface area contributed by atoms with E-state index in [0.717, 1.165) is 22.4 Å². The molecule has 2 heterocycles. The number of aliphatic carboxylic acids is 1. The number of carboxylic acids is 1. The molecule has 4 rings (SSSR count). The van der Waals surface area contributed by atoms with Crippen LogP contribution in [0.2, 0.25) is 0 Å². The Kier molecular flexibility index (Phi) is 7.91. The lowest BCUT2D eigenvalue weighted by Gasteiger charge is -2.37. The van der Waals surface area contributed by atoms with E-state index < -0.39 is 23.5 Å². The number of carbonyl (C=O) groups excluding carboxylic acids is 2. The smallest absolute Gasteiger partial charge is 0.326 e. The van der Waals surface area contributed by atoms with Gasteiger partial charge in [0.25, 0.3) is 11.8 Å². The van der Waals surface area contributed by atoms with E-state index in [-0.39, 0.29) is 25.4 Å². The first-order valence-electron chi connectivity index (χ1n) is 12.2. The van der Waals surface area contributed by atoms with Gasteiger partial charge in [-0.2, -0.15) is 0 Å². The second kappa shape index (κ2) is 11.1. The molecule has 2 aliphatic heterocycles. The molecule has 2 aromatic rings. The third-order valence-electron chi connectivity index (χ3n) is 6.94. The van der Waals surface area contributed by atoms with E-state index in [9.17, 15) is 19.5 Å². The van der Waals surface area contributed by atoms with E-state index in [2.05, 4.69) is 10.2 Å². The zero-order valence-corrected chi connectivity index (χ0v) is 20.7. The molecule has 36 heavy (non-hydrogen) atoms. The molecule has 1 unspecified atom stereocenters. The van der Waals surface area contributed by atoms with Gasteiger partial charge in [-0.25, -0.2) is 4.79 Å². The highest BCUT2D eigenvalue weighted by Gasteiger charge is 2.52. The van der Waals surface area contributed by atoms with Gasteiger partial charge in [0.1, 0.15) is 11.8 Å². The number of carbonyl (C=O) groups is 3. The molecule has 2 atom stereocenters. The summed E-state index contributed by atoms with van der Waals surface area (Å²) in [5.74, 6) is -1.48. The molecule has 2 N–H and O–H groups in total. The Bertz CT molecular complexity index is 1090. The van der Waals surface area contributed by atoms with E-state index in [1.807, 2.05) is 55.6 Å². The molecule has 2 fully saturated rings. The minimum Gasteiger partial charge on any atom is -0.496 e. The lowest BCUT2D eigenvalue weighted by Crippen LogP contribution is -2.62. The number of nitrogens with zero attached hydrogens (tertiary/aromatic N) is 2. The number of benzene rings is 2. The zero-order chi connectivity index (χ0) is 25.7. The average Bonchev–Trinajstić information content (AvgIpc) is 3.40. The lowest BCUT2D eigenvalue weighted by molar-refractivity contribution is -0.165. The molecule has 192 valence electrons. The molecule has 0 saturated carbocycles. The van der Waals surface area contributed by atoms with Crippen LogP contribution in [0.15, 0.2) is 48.5 Å². The van der Waals surface area contributed by atoms with E-state index in [1.165, 1.54) is 0 Å². The summed E-state index contributed by atoms with van der Waals surface area (Å²) in [5.41, 5.74) is 0.936. The highest BCUT2D eigenvalue weighted by Crippen LogP contribution is 2.31. The summed E-state index contributed by atoms with van der Waals surface area (Å²) in [6.07, 6.45) is 0.880. The van der Waals surface area contributed by atoms with Gasteiger partial charge in [-0.3, -0.25) is 9.59 Å². The van der Waals surface area contributed by atoms with Crippen molar-refractivity contribution in [3.05, 3.63) is 54.1 Å². The number of carboxylic acid groups (broad SMARTS) is 1. The fourth-order valence-electron chi connectivity index (χ4n) is 4.76. The number of amides is 2. The zero-order valence-electron chi connectivity index (χ0n) is 20.7. The van der Waals surface area contributed by atoms with Crippen LogP contribution in [0.5, 0.6) is 5.75 Å². The first-order chi connectivity index (χ1) is 17.3. The van der Waals surface area contributed by atoms with Gasteiger partial charge in [0.05, 0.1) is 7.11 Å². The van der Waals surface area contributed by atoms with Crippen LogP contribution >= 0.6 is 0 Å². The summed E-state index contributed by atoms with van der Waals surface area (Å²) in [4.78, 5) is 42.6. The first kappa shape index (κ1) is 25.7. The van der Waals surface area contributed by atoms with Gasteiger partial charge < -0.3 is 29.7 Å². The quantitative estimate of drug-likeness (QED) is 0.538. The Morgan fingerprint density at radius 2 is 1.78 bits per heavy atom. The Hall–Kier alpha value is -3.43. The summed E-state index contributed by atoms with van der Waals surface area (Å²) in [6.45, 7) is 2.73. The second-order valence-electron chi connectivity index (χ2n) is 9.34. The van der Waals surface area contributed by atoms with E-state index in [4.69, 9.17) is 9.47 Å². The SMILES string of the molecule is COc1ccccc1-c1ccc(C[C@H](NC(=O)C2(C(=O)N3CCN(C)CC3)CCCO2)C(=O)O)cc1. The van der Waals surface area contributed by atoms with Gasteiger partial charge in [0, 0.05) is 44.8 Å². The number of hydrogen-bond acceptors (Lipinski definition) is 6. The highest BCUT2D eigenvalue weighted by atomic mass is 16.5. The fraction of sp³-hybridized carbons (Fsp3) is 0.444. The Morgan fingerprint density at radius 3 is 2.39 bits per heavy atom. The van der Waals surface area contributed by atoms with Crippen molar-refractivity contribution in [2.75, 3.05) is 46.9 Å². The van der Waals surface area contributed by atoms with Gasteiger partial charge in [-0.1, -0.05) is 42.5 Å². The molecule has 2 aromatic carbocycles. The van der Waals surface area contributed by atoms with E-state index in [0.29, 0.717) is 32.6 Å². The summed E-state index contributed by atoms with van der Waals surface area (Å²) in [7, 11) is 3.60. The van der Waals surface area contributed by atoms with Gasteiger partial charge in [-0.05, 0) is 37.1 Å². The number of likely N-dealkylation sites (N-methyl/N-ethyl adjacent to an activating group) is 1. The summed E-state index contributed by atoms with van der Waals surface area (Å²) in [6, 6.07) is 13.9. The predicted molar refractivity (Wildman–Crippen MR) is 134 cm³/mol. The van der Waals surface area contributed by atoms with Crippen LogP contribution in [-0.2, 0) is 25.5 Å². The van der Waals surface area contributed by atoms with Crippen molar-refractivity contribution in [1.82, 2.24) is 15.1 Å². The standard InChI is InChI=1S/C27H33N3O6/c1-29-13-15-30(16-14-29)26(34)27(12-5-17-36-27)25(33)28-22(24(31)32)18-19-8-10-20(11-9-19)21-6-3-4-7-23(21)35-2/h3-4,6-11,22H,5,12-18H2,1-2H3,(H,28,33)(H,31,32)/t22-,27?/m0/s1. The molecular weight excluding hydrogens is 462 g/mol. The second-order valence-corrected chi connectivity index (χ2v) is 9.34. The number of nitrogens with one attached hydrogen (secondary N) is 1. The molecule has 0 aromatic heterocycles. The van der Waals surface area contributed by atoms with Crippen molar-refractivity contribution in [2.45, 2.75) is 30.9 Å². The topological polar surface area (TPSA) is 108 Å². The monoisotopic (exact) mass is 495 g/mol. The Balaban J connectivity index is 1.47. The first-order valence-corrected chi connectivity index (χ1v) is 12.2. The van der Waals surface area contributed by atoms with Crippen LogP contribution < -0.4 is 10.1 Å². The van der Waals surface area contributed by atoms with Crippen LogP contribution in [0.25, 0.3) is 11.1 Å². The van der Waals surface area contributed by atoms with Crippen LogP contribution in [0.3, 0.4) is 0 Å². The van der Waals surface area contributed by atoms with Crippen LogP contribution in [0.1, 0.15) is 18.4 Å². The molecule has 0 spiro atoms. The maximum absolute atomic E-state index is 13.4. The van der Waals surface area contributed by atoms with Crippen molar-refractivity contribution in [2.24, 2.45) is 0 Å². The van der Waals surface area contributed by atoms with E-state index >= 15 is 0 Å².